The lowest BCUT2D eigenvalue weighted by Gasteiger charge is -2.47. The summed E-state index contributed by atoms with van der Waals surface area (Å²) in [6, 6.07) is 2.69. The van der Waals surface area contributed by atoms with Gasteiger partial charge in [-0.05, 0) is 124 Å². The molecule has 6 aliphatic carbocycles. The first-order valence-electron chi connectivity index (χ1n) is 17.6. The fraction of sp³-hybridized carbons (Fsp3) is 0.641. The van der Waals surface area contributed by atoms with Gasteiger partial charge in [-0.15, -0.1) is 0 Å². The van der Waals surface area contributed by atoms with Crippen molar-refractivity contribution in [2.24, 2.45) is 35.5 Å². The summed E-state index contributed by atoms with van der Waals surface area (Å²) >= 11 is 0. The quantitative estimate of drug-likeness (QED) is 0.324. The number of hydrogen-bond donors (Lipinski definition) is 0. The van der Waals surface area contributed by atoms with E-state index in [4.69, 9.17) is 0 Å². The molecule has 0 radical (unpaired) electrons. The van der Waals surface area contributed by atoms with E-state index >= 15 is 0 Å². The van der Waals surface area contributed by atoms with Gasteiger partial charge in [0.2, 0.25) is 0 Å². The van der Waals surface area contributed by atoms with Crippen LogP contribution in [0.25, 0.3) is 0 Å². The van der Waals surface area contributed by atoms with Crippen molar-refractivity contribution in [3.63, 3.8) is 0 Å². The minimum Gasteiger partial charge on any atom is -0.341 e. The highest BCUT2D eigenvalue weighted by Crippen LogP contribution is 2.55. The molecule has 10 atom stereocenters. The van der Waals surface area contributed by atoms with Crippen LogP contribution in [-0.4, -0.2) is 34.0 Å². The van der Waals surface area contributed by atoms with E-state index in [1.165, 1.54) is 83.5 Å². The molecule has 41 heavy (non-hydrogen) atoms. The summed E-state index contributed by atoms with van der Waals surface area (Å²) in [7, 11) is 0. The Morgan fingerprint density at radius 2 is 1.71 bits per heavy atom. The van der Waals surface area contributed by atoms with Crippen LogP contribution in [0.3, 0.4) is 0 Å². The van der Waals surface area contributed by atoms with E-state index < -0.39 is 0 Å². The third-order valence-electron chi connectivity index (χ3n) is 12.8. The van der Waals surface area contributed by atoms with Gasteiger partial charge in [-0.25, -0.2) is 0 Å². The second kappa shape index (κ2) is 10.9. The lowest BCUT2D eigenvalue weighted by molar-refractivity contribution is 0.0396. The van der Waals surface area contributed by atoms with Gasteiger partial charge in [0.15, 0.2) is 0 Å². The van der Waals surface area contributed by atoms with Gasteiger partial charge in [-0.1, -0.05) is 74.6 Å². The Morgan fingerprint density at radius 3 is 2.59 bits per heavy atom. The molecule has 218 valence electrons. The Balaban J connectivity index is 1.09. The first-order chi connectivity index (χ1) is 20.2. The molecule has 0 bridgehead atoms. The van der Waals surface area contributed by atoms with Crippen LogP contribution in [0.5, 0.6) is 0 Å². The molecule has 0 aromatic rings. The minimum atomic E-state index is 0.605. The van der Waals surface area contributed by atoms with Crippen molar-refractivity contribution in [2.75, 3.05) is 0 Å². The molecule has 2 heterocycles. The van der Waals surface area contributed by atoms with Gasteiger partial charge in [0.1, 0.15) is 0 Å². The zero-order valence-corrected chi connectivity index (χ0v) is 25.6. The maximum absolute atomic E-state index is 3.05. The highest BCUT2D eigenvalue weighted by molar-refractivity contribution is 5.54. The molecular formula is C39H52N2. The molecule has 1 saturated heterocycles. The summed E-state index contributed by atoms with van der Waals surface area (Å²) in [5.74, 6) is 4.58. The van der Waals surface area contributed by atoms with Gasteiger partial charge in [-0.3, -0.25) is 4.90 Å². The fourth-order valence-corrected chi connectivity index (χ4v) is 10.9. The van der Waals surface area contributed by atoms with Crippen LogP contribution >= 0.6 is 0 Å². The van der Waals surface area contributed by atoms with Crippen molar-refractivity contribution < 1.29 is 0 Å². The maximum Gasteiger partial charge on any atom is 0.0589 e. The Labute approximate surface area is 249 Å². The fourth-order valence-electron chi connectivity index (χ4n) is 10.9. The maximum atomic E-state index is 3.05. The zero-order valence-electron chi connectivity index (χ0n) is 25.6. The minimum absolute atomic E-state index is 0.605. The molecule has 0 aromatic carbocycles. The molecule has 8 aliphatic rings. The number of rotatable bonds is 3. The van der Waals surface area contributed by atoms with Gasteiger partial charge in [0, 0.05) is 35.4 Å². The highest BCUT2D eigenvalue weighted by atomic mass is 15.3. The van der Waals surface area contributed by atoms with Gasteiger partial charge < -0.3 is 4.90 Å². The Hall–Kier alpha value is -2.06. The van der Waals surface area contributed by atoms with Crippen LogP contribution in [0, 0.1) is 35.5 Å². The van der Waals surface area contributed by atoms with Crippen molar-refractivity contribution in [3.8, 4) is 0 Å². The average Bonchev–Trinajstić information content (AvgIpc) is 3.35. The molecule has 0 N–H and O–H groups in total. The van der Waals surface area contributed by atoms with Gasteiger partial charge in [0.05, 0.1) is 6.04 Å². The van der Waals surface area contributed by atoms with Crippen LogP contribution < -0.4 is 0 Å². The van der Waals surface area contributed by atoms with Crippen molar-refractivity contribution in [2.45, 2.75) is 121 Å². The molecular weight excluding hydrogens is 496 g/mol. The standard InChI is InChI=1S/C39H52N2/c1-26-13-9-11-18-35(26)41-37-20-12-10-17-31(37)34-25-32(27(2)23-39(34)41)28-21-22-38-33(24-28)30-16-7-4-8-19-36(30)40(38)29-14-5-3-6-15-29/h7,9-10,12-14,16-17,20,24,26-28,31-32,34-35,37-39H,3-6,8,11,15,18-19,21-23,25H2,1-2H3/t26-,27?,28?,31?,32?,34?,35?,37?,38?,39?/m0/s1. The molecule has 0 aromatic heterocycles. The Bertz CT molecular complexity index is 1240. The molecule has 2 nitrogen and oxygen atoms in total. The molecule has 1 saturated carbocycles. The Kier molecular flexibility index (Phi) is 7.06. The van der Waals surface area contributed by atoms with Crippen molar-refractivity contribution >= 4 is 0 Å². The molecule has 9 unspecified atom stereocenters. The average molecular weight is 549 g/mol. The monoisotopic (exact) mass is 548 g/mol. The van der Waals surface area contributed by atoms with Gasteiger partial charge in [-0.2, -0.15) is 0 Å². The summed E-state index contributed by atoms with van der Waals surface area (Å²) in [5, 5.41) is 0. The first-order valence-corrected chi connectivity index (χ1v) is 17.6. The molecule has 2 heteroatoms. The first kappa shape index (κ1) is 26.6. The highest BCUT2D eigenvalue weighted by Gasteiger charge is 2.54. The van der Waals surface area contributed by atoms with Crippen molar-refractivity contribution in [3.05, 3.63) is 83.3 Å². The molecule has 8 rings (SSSR count). The number of fused-ring (bicyclic) bond motifs is 5. The predicted molar refractivity (Wildman–Crippen MR) is 171 cm³/mol. The summed E-state index contributed by atoms with van der Waals surface area (Å²) < 4.78 is 0. The van der Waals surface area contributed by atoms with Crippen molar-refractivity contribution in [1.82, 2.24) is 9.80 Å². The van der Waals surface area contributed by atoms with Crippen LogP contribution in [0.15, 0.2) is 83.3 Å². The predicted octanol–water partition coefficient (Wildman–Crippen LogP) is 9.27. The second-order valence-electron chi connectivity index (χ2n) is 14.9. The third kappa shape index (κ3) is 4.45. The van der Waals surface area contributed by atoms with E-state index in [2.05, 4.69) is 84.4 Å². The van der Waals surface area contributed by atoms with E-state index in [0.717, 1.165) is 29.7 Å². The van der Waals surface area contributed by atoms with E-state index in [1.807, 2.05) is 0 Å². The van der Waals surface area contributed by atoms with Gasteiger partial charge >= 0.3 is 0 Å². The molecule has 0 spiro atoms. The second-order valence-corrected chi connectivity index (χ2v) is 14.9. The van der Waals surface area contributed by atoms with E-state index in [-0.39, 0.29) is 0 Å². The molecule has 2 aliphatic heterocycles. The largest absolute Gasteiger partial charge is 0.341 e. The van der Waals surface area contributed by atoms with Gasteiger partial charge in [0.25, 0.3) is 0 Å². The van der Waals surface area contributed by atoms with E-state index in [1.54, 1.807) is 22.5 Å². The van der Waals surface area contributed by atoms with Crippen LogP contribution in [0.1, 0.15) is 97.3 Å². The summed E-state index contributed by atoms with van der Waals surface area (Å²) in [6.45, 7) is 5.11. The normalized spacial score (nSPS) is 43.7. The topological polar surface area (TPSA) is 6.48 Å². The van der Waals surface area contributed by atoms with Crippen LogP contribution in [-0.2, 0) is 0 Å². The van der Waals surface area contributed by atoms with Crippen molar-refractivity contribution in [1.29, 1.82) is 0 Å². The summed E-state index contributed by atoms with van der Waals surface area (Å²) in [4.78, 5) is 5.91. The summed E-state index contributed by atoms with van der Waals surface area (Å²) in [6.07, 6.45) is 42.6. The smallest absolute Gasteiger partial charge is 0.0589 e. The van der Waals surface area contributed by atoms with E-state index in [9.17, 15) is 0 Å². The third-order valence-corrected chi connectivity index (χ3v) is 12.8. The molecule has 0 amide bonds. The summed E-state index contributed by atoms with van der Waals surface area (Å²) in [5.41, 5.74) is 6.66. The Morgan fingerprint density at radius 1 is 0.780 bits per heavy atom. The number of nitrogens with zero attached hydrogens (tertiary/aromatic N) is 2. The van der Waals surface area contributed by atoms with Crippen LogP contribution in [0.4, 0.5) is 0 Å². The number of allylic oxidation sites excluding steroid dienone is 9. The molecule has 2 fully saturated rings. The lowest BCUT2D eigenvalue weighted by Crippen LogP contribution is -2.50. The van der Waals surface area contributed by atoms with E-state index in [0.29, 0.717) is 30.0 Å². The van der Waals surface area contributed by atoms with Crippen LogP contribution in [0.2, 0.25) is 0 Å². The number of hydrogen-bond acceptors (Lipinski definition) is 2. The zero-order chi connectivity index (χ0) is 27.5. The number of likely N-dealkylation sites (tertiary alicyclic amines) is 1. The lowest BCUT2D eigenvalue weighted by atomic mass is 9.62. The SMILES string of the molecule is CC1CC2C(CC1C1C=C3C4=C(CCCC=C4)N(C4=CCCCC4)C3CC1)C1C=CC=CC1N2C1CCC=C[C@@H]1C.